The summed E-state index contributed by atoms with van der Waals surface area (Å²) in [6, 6.07) is 16.5. The van der Waals surface area contributed by atoms with Gasteiger partial charge in [0.1, 0.15) is 5.82 Å². The lowest BCUT2D eigenvalue weighted by Crippen LogP contribution is -2.23. The highest BCUT2D eigenvalue weighted by Gasteiger charge is 2.10. The van der Waals surface area contributed by atoms with Crippen molar-refractivity contribution in [1.29, 1.82) is 0 Å². The Bertz CT molecular complexity index is 955. The van der Waals surface area contributed by atoms with Crippen LogP contribution >= 0.6 is 0 Å². The molecule has 0 bridgehead atoms. The van der Waals surface area contributed by atoms with Crippen molar-refractivity contribution in [3.05, 3.63) is 77.2 Å². The molecule has 0 aliphatic heterocycles. The average Bonchev–Trinajstić information content (AvgIpc) is 2.75. The number of ether oxygens (including phenoxy) is 1. The normalized spacial score (nSPS) is 11.0. The number of aliphatic imine (C=N–C) groups is 1. The highest BCUT2D eigenvalue weighted by atomic mass is 16.5. The van der Waals surface area contributed by atoms with Crippen LogP contribution in [0.2, 0.25) is 0 Å². The Morgan fingerprint density at radius 2 is 1.87 bits per heavy atom. The highest BCUT2D eigenvalue weighted by Crippen LogP contribution is 2.17. The zero-order chi connectivity index (χ0) is 21.2. The number of nitrogens with zero attached hydrogens (tertiary/aromatic N) is 5. The second kappa shape index (κ2) is 11.0. The maximum Gasteiger partial charge on any atom is 0.318 e. The number of pyridine rings is 1. The van der Waals surface area contributed by atoms with Crippen LogP contribution in [-0.2, 0) is 13.0 Å². The maximum absolute atomic E-state index is 5.87. The fourth-order valence-corrected chi connectivity index (χ4v) is 3.10. The van der Waals surface area contributed by atoms with Crippen molar-refractivity contribution in [2.45, 2.75) is 33.7 Å². The van der Waals surface area contributed by atoms with Crippen molar-refractivity contribution in [2.24, 2.45) is 4.99 Å². The smallest absolute Gasteiger partial charge is 0.318 e. The molecule has 2 aromatic heterocycles. The van der Waals surface area contributed by atoms with E-state index in [-0.39, 0.29) is 0 Å². The molecule has 3 aromatic rings. The van der Waals surface area contributed by atoms with E-state index in [0.29, 0.717) is 25.6 Å². The first-order valence-corrected chi connectivity index (χ1v) is 10.4. The number of hydrogen-bond acceptors (Lipinski definition) is 6. The van der Waals surface area contributed by atoms with Crippen molar-refractivity contribution >= 4 is 12.0 Å². The van der Waals surface area contributed by atoms with Crippen molar-refractivity contribution in [2.75, 3.05) is 24.6 Å². The topological polar surface area (TPSA) is 63.5 Å². The second-order valence-corrected chi connectivity index (χ2v) is 6.98. The van der Waals surface area contributed by atoms with E-state index in [1.165, 1.54) is 5.56 Å². The number of rotatable bonds is 10. The van der Waals surface area contributed by atoms with Crippen LogP contribution in [0.4, 0.5) is 5.82 Å². The predicted molar refractivity (Wildman–Crippen MR) is 122 cm³/mol. The lowest BCUT2D eigenvalue weighted by atomic mass is 10.1. The van der Waals surface area contributed by atoms with Crippen LogP contribution in [0.5, 0.6) is 6.01 Å². The predicted octanol–water partition coefficient (Wildman–Crippen LogP) is 4.27. The van der Waals surface area contributed by atoms with E-state index < -0.39 is 0 Å². The average molecular weight is 404 g/mol. The molecule has 156 valence electrons. The first-order chi connectivity index (χ1) is 14.7. The van der Waals surface area contributed by atoms with E-state index in [1.54, 1.807) is 6.20 Å². The van der Waals surface area contributed by atoms with E-state index in [4.69, 9.17) is 4.74 Å². The largest absolute Gasteiger partial charge is 0.463 e. The van der Waals surface area contributed by atoms with Gasteiger partial charge in [0.2, 0.25) is 0 Å². The standard InChI is InChI=1S/C24H29N5O/c1-4-29(5-2)23-16-22(18-25-17-20-10-8-9-19(3)15-20)27-24(28-23)30-14-12-21-11-6-7-13-26-21/h6-11,13,15-17H,4-5,12,14,18H2,1-3H3. The molecule has 0 aliphatic rings. The second-order valence-electron chi connectivity index (χ2n) is 6.98. The molecule has 0 aliphatic carbocycles. The third kappa shape index (κ3) is 6.37. The Labute approximate surface area is 178 Å². The zero-order valence-electron chi connectivity index (χ0n) is 18.0. The van der Waals surface area contributed by atoms with E-state index >= 15 is 0 Å². The van der Waals surface area contributed by atoms with E-state index in [2.05, 4.69) is 57.7 Å². The number of anilines is 1. The first kappa shape index (κ1) is 21.4. The molecular formula is C24H29N5O. The van der Waals surface area contributed by atoms with Gasteiger partial charge in [-0.3, -0.25) is 9.98 Å². The molecule has 0 N–H and O–H groups in total. The van der Waals surface area contributed by atoms with Gasteiger partial charge in [-0.25, -0.2) is 0 Å². The maximum atomic E-state index is 5.87. The van der Waals surface area contributed by atoms with Crippen LogP contribution in [0.15, 0.2) is 59.7 Å². The monoisotopic (exact) mass is 403 g/mol. The Balaban J connectivity index is 1.72. The fraction of sp³-hybridized carbons (Fsp3) is 0.333. The minimum atomic E-state index is 0.385. The Morgan fingerprint density at radius 3 is 2.60 bits per heavy atom. The van der Waals surface area contributed by atoms with E-state index in [1.807, 2.05) is 42.6 Å². The van der Waals surface area contributed by atoms with Crippen LogP contribution in [0.25, 0.3) is 0 Å². The van der Waals surface area contributed by atoms with Gasteiger partial charge in [0.15, 0.2) is 0 Å². The Morgan fingerprint density at radius 1 is 1.00 bits per heavy atom. The van der Waals surface area contributed by atoms with Crippen LogP contribution in [-0.4, -0.2) is 40.9 Å². The molecule has 0 radical (unpaired) electrons. The summed E-state index contributed by atoms with van der Waals surface area (Å²) in [5.41, 5.74) is 4.12. The summed E-state index contributed by atoms with van der Waals surface area (Å²) >= 11 is 0. The molecule has 3 rings (SSSR count). The molecule has 0 spiro atoms. The summed E-state index contributed by atoms with van der Waals surface area (Å²) in [5.74, 6) is 0.864. The molecule has 6 nitrogen and oxygen atoms in total. The summed E-state index contributed by atoms with van der Waals surface area (Å²) in [4.78, 5) is 20.3. The number of aryl methyl sites for hydroxylation is 1. The molecule has 0 fully saturated rings. The molecule has 0 saturated heterocycles. The summed E-state index contributed by atoms with van der Waals surface area (Å²) in [6.07, 6.45) is 4.38. The molecule has 0 saturated carbocycles. The molecule has 0 atom stereocenters. The van der Waals surface area contributed by atoms with Crippen LogP contribution in [0.1, 0.15) is 36.4 Å². The van der Waals surface area contributed by atoms with Crippen molar-refractivity contribution in [3.8, 4) is 6.01 Å². The van der Waals surface area contributed by atoms with Crippen molar-refractivity contribution < 1.29 is 4.74 Å². The van der Waals surface area contributed by atoms with Gasteiger partial charge in [0.25, 0.3) is 0 Å². The van der Waals surface area contributed by atoms with Gasteiger partial charge < -0.3 is 9.64 Å². The van der Waals surface area contributed by atoms with E-state index in [0.717, 1.165) is 35.9 Å². The summed E-state index contributed by atoms with van der Waals surface area (Å²) < 4.78 is 5.87. The SMILES string of the molecule is CCN(CC)c1cc(CN=Cc2cccc(C)c2)nc(OCCc2ccccn2)n1. The van der Waals surface area contributed by atoms with Gasteiger partial charge in [-0.05, 0) is 38.5 Å². The van der Waals surface area contributed by atoms with Crippen LogP contribution < -0.4 is 9.64 Å². The van der Waals surface area contributed by atoms with Gasteiger partial charge in [-0.15, -0.1) is 0 Å². The summed E-state index contributed by atoms with van der Waals surface area (Å²) in [6.45, 7) is 8.99. The minimum Gasteiger partial charge on any atom is -0.463 e. The molecule has 0 unspecified atom stereocenters. The van der Waals surface area contributed by atoms with Crippen LogP contribution in [0.3, 0.4) is 0 Å². The molecule has 2 heterocycles. The van der Waals surface area contributed by atoms with Crippen LogP contribution in [0, 0.1) is 6.92 Å². The first-order valence-electron chi connectivity index (χ1n) is 10.4. The van der Waals surface area contributed by atoms with Gasteiger partial charge >= 0.3 is 6.01 Å². The molecule has 6 heteroatoms. The molecule has 1 aromatic carbocycles. The quantitative estimate of drug-likeness (QED) is 0.473. The summed E-state index contributed by atoms with van der Waals surface area (Å²) in [5, 5.41) is 0. The highest BCUT2D eigenvalue weighted by molar-refractivity contribution is 5.79. The summed E-state index contributed by atoms with van der Waals surface area (Å²) in [7, 11) is 0. The van der Waals surface area contributed by atoms with Crippen molar-refractivity contribution in [3.63, 3.8) is 0 Å². The van der Waals surface area contributed by atoms with Gasteiger partial charge in [-0.2, -0.15) is 9.97 Å². The van der Waals surface area contributed by atoms with Gasteiger partial charge in [0.05, 0.1) is 18.8 Å². The van der Waals surface area contributed by atoms with E-state index in [9.17, 15) is 0 Å². The molecule has 0 amide bonds. The Kier molecular flexibility index (Phi) is 7.89. The van der Waals surface area contributed by atoms with Gasteiger partial charge in [-0.1, -0.05) is 35.9 Å². The lowest BCUT2D eigenvalue weighted by molar-refractivity contribution is 0.294. The molecular weight excluding hydrogens is 374 g/mol. The molecule has 30 heavy (non-hydrogen) atoms. The number of aromatic nitrogens is 3. The zero-order valence-corrected chi connectivity index (χ0v) is 18.0. The number of benzene rings is 1. The minimum absolute atomic E-state index is 0.385. The third-order valence-corrected chi connectivity index (χ3v) is 4.68. The Hall–Kier alpha value is -3.28. The van der Waals surface area contributed by atoms with Crippen molar-refractivity contribution in [1.82, 2.24) is 15.0 Å². The number of hydrogen-bond donors (Lipinski definition) is 0. The third-order valence-electron chi connectivity index (χ3n) is 4.68. The lowest BCUT2D eigenvalue weighted by Gasteiger charge is -2.20. The van der Waals surface area contributed by atoms with Gasteiger partial charge in [0, 0.05) is 43.7 Å². The fourth-order valence-electron chi connectivity index (χ4n) is 3.10.